The third kappa shape index (κ3) is 3.28. The zero-order valence-corrected chi connectivity index (χ0v) is 14.8. The largest absolute Gasteiger partial charge is 0.350 e. The summed E-state index contributed by atoms with van der Waals surface area (Å²) in [5.41, 5.74) is 4.27. The summed E-state index contributed by atoms with van der Waals surface area (Å²) in [4.78, 5) is 28.1. The van der Waals surface area contributed by atoms with Crippen LogP contribution in [0.3, 0.4) is 0 Å². The molecule has 7 heteroatoms. The molecule has 0 saturated heterocycles. The second kappa shape index (κ2) is 6.33. The second-order valence-electron chi connectivity index (χ2n) is 5.99. The van der Waals surface area contributed by atoms with Crippen LogP contribution < -0.4 is 10.6 Å². The molecule has 1 aliphatic heterocycles. The Morgan fingerprint density at radius 3 is 3.08 bits per heavy atom. The van der Waals surface area contributed by atoms with Gasteiger partial charge in [0.25, 0.3) is 0 Å². The molecule has 0 unspecified atom stereocenters. The van der Waals surface area contributed by atoms with E-state index in [0.717, 1.165) is 32.6 Å². The van der Waals surface area contributed by atoms with E-state index in [1.54, 1.807) is 0 Å². The molecule has 1 aromatic carbocycles. The number of nitrogens with zero attached hydrogens (tertiary/aromatic N) is 2. The van der Waals surface area contributed by atoms with E-state index in [1.165, 1.54) is 0 Å². The van der Waals surface area contributed by atoms with E-state index in [9.17, 15) is 9.59 Å². The maximum Gasteiger partial charge on any atom is 0.228 e. The number of pyridine rings is 1. The van der Waals surface area contributed by atoms with Crippen molar-refractivity contribution in [2.75, 3.05) is 5.32 Å². The number of benzene rings is 1. The van der Waals surface area contributed by atoms with Crippen LogP contribution in [0, 0.1) is 0 Å². The third-order valence-corrected chi connectivity index (χ3v) is 4.73. The monoisotopic (exact) mass is 398 g/mol. The minimum absolute atomic E-state index is 0.00499. The molecular formula is C18H15BrN4O2. The van der Waals surface area contributed by atoms with Gasteiger partial charge in [-0.05, 0) is 45.3 Å². The van der Waals surface area contributed by atoms with Crippen molar-refractivity contribution in [1.29, 1.82) is 0 Å². The number of carbonyl (C=O) groups excluding carboxylic acids is 2. The lowest BCUT2D eigenvalue weighted by atomic mass is 10.1. The zero-order chi connectivity index (χ0) is 17.4. The van der Waals surface area contributed by atoms with Crippen LogP contribution in [0.25, 0.3) is 5.65 Å². The Balaban J connectivity index is 1.40. The van der Waals surface area contributed by atoms with E-state index in [-0.39, 0.29) is 18.2 Å². The number of imidazole rings is 1. The highest BCUT2D eigenvalue weighted by Gasteiger charge is 2.18. The van der Waals surface area contributed by atoms with Crippen LogP contribution in [-0.4, -0.2) is 21.2 Å². The first-order valence-electron chi connectivity index (χ1n) is 7.89. The number of halogens is 1. The number of rotatable bonds is 4. The van der Waals surface area contributed by atoms with Crippen LogP contribution in [-0.2, 0) is 29.0 Å². The average molecular weight is 399 g/mol. The van der Waals surface area contributed by atoms with Crippen molar-refractivity contribution >= 4 is 39.1 Å². The summed E-state index contributed by atoms with van der Waals surface area (Å²) in [6, 6.07) is 9.50. The topological polar surface area (TPSA) is 75.5 Å². The number of hydrogen-bond acceptors (Lipinski definition) is 3. The molecular weight excluding hydrogens is 384 g/mol. The van der Waals surface area contributed by atoms with Gasteiger partial charge in [-0.2, -0.15) is 0 Å². The van der Waals surface area contributed by atoms with Crippen LogP contribution in [0.1, 0.15) is 16.8 Å². The molecule has 0 atom stereocenters. The number of amides is 2. The fraction of sp³-hybridized carbons (Fsp3) is 0.167. The van der Waals surface area contributed by atoms with E-state index in [2.05, 4.69) is 31.5 Å². The van der Waals surface area contributed by atoms with Gasteiger partial charge in [0.15, 0.2) is 5.65 Å². The second-order valence-corrected chi connectivity index (χ2v) is 6.84. The van der Waals surface area contributed by atoms with Crippen molar-refractivity contribution in [1.82, 2.24) is 14.7 Å². The SMILES string of the molecule is O=C(Cc1ccc2c(c1)NC(=O)C2)NCc1cn2cccc(Br)c2n1. The molecule has 4 rings (SSSR count). The molecule has 0 saturated carbocycles. The Morgan fingerprint density at radius 1 is 1.36 bits per heavy atom. The fourth-order valence-electron chi connectivity index (χ4n) is 2.92. The van der Waals surface area contributed by atoms with E-state index >= 15 is 0 Å². The third-order valence-electron chi connectivity index (χ3n) is 4.12. The van der Waals surface area contributed by atoms with E-state index in [4.69, 9.17) is 0 Å². The maximum absolute atomic E-state index is 12.2. The molecule has 126 valence electrons. The van der Waals surface area contributed by atoms with Crippen LogP contribution in [0.5, 0.6) is 0 Å². The van der Waals surface area contributed by atoms with Crippen molar-refractivity contribution in [2.24, 2.45) is 0 Å². The van der Waals surface area contributed by atoms with Crippen molar-refractivity contribution in [3.05, 3.63) is 64.0 Å². The first-order chi connectivity index (χ1) is 12.1. The Hall–Kier alpha value is -2.67. The minimum atomic E-state index is -0.0830. The van der Waals surface area contributed by atoms with Crippen LogP contribution in [0.2, 0.25) is 0 Å². The van der Waals surface area contributed by atoms with Crippen molar-refractivity contribution in [3.63, 3.8) is 0 Å². The van der Waals surface area contributed by atoms with Gasteiger partial charge in [-0.3, -0.25) is 9.59 Å². The molecule has 0 fully saturated rings. The number of aromatic nitrogens is 2. The normalized spacial score (nSPS) is 12.9. The number of carbonyl (C=O) groups is 2. The van der Waals surface area contributed by atoms with Gasteiger partial charge in [0.2, 0.25) is 11.8 Å². The minimum Gasteiger partial charge on any atom is -0.350 e. The molecule has 3 heterocycles. The van der Waals surface area contributed by atoms with Gasteiger partial charge < -0.3 is 15.0 Å². The smallest absolute Gasteiger partial charge is 0.228 e. The molecule has 0 aliphatic carbocycles. The highest BCUT2D eigenvalue weighted by Crippen LogP contribution is 2.24. The van der Waals surface area contributed by atoms with Crippen molar-refractivity contribution < 1.29 is 9.59 Å². The highest BCUT2D eigenvalue weighted by atomic mass is 79.9. The van der Waals surface area contributed by atoms with Gasteiger partial charge in [-0.15, -0.1) is 0 Å². The van der Waals surface area contributed by atoms with Crippen molar-refractivity contribution in [2.45, 2.75) is 19.4 Å². The summed E-state index contributed by atoms with van der Waals surface area (Å²) in [7, 11) is 0. The van der Waals surface area contributed by atoms with Crippen LogP contribution in [0.15, 0.2) is 47.2 Å². The van der Waals surface area contributed by atoms with Crippen LogP contribution in [0.4, 0.5) is 5.69 Å². The number of nitrogens with one attached hydrogen (secondary N) is 2. The first-order valence-corrected chi connectivity index (χ1v) is 8.68. The molecule has 0 spiro atoms. The van der Waals surface area contributed by atoms with E-state index in [1.807, 2.05) is 47.1 Å². The van der Waals surface area contributed by atoms with E-state index < -0.39 is 0 Å². The highest BCUT2D eigenvalue weighted by molar-refractivity contribution is 9.10. The number of fused-ring (bicyclic) bond motifs is 2. The zero-order valence-electron chi connectivity index (χ0n) is 13.3. The Morgan fingerprint density at radius 2 is 2.24 bits per heavy atom. The molecule has 2 aromatic heterocycles. The summed E-state index contributed by atoms with van der Waals surface area (Å²) in [5.74, 6) is -0.0880. The number of anilines is 1. The first kappa shape index (κ1) is 15.8. The standard InChI is InChI=1S/C18H15BrN4O2/c19-14-2-1-5-23-10-13(21-18(14)23)9-20-16(24)7-11-3-4-12-8-17(25)22-15(12)6-11/h1-6,10H,7-9H2,(H,20,24)(H,22,25). The fourth-order valence-corrected chi connectivity index (χ4v) is 3.37. The van der Waals surface area contributed by atoms with Gasteiger partial charge >= 0.3 is 0 Å². The summed E-state index contributed by atoms with van der Waals surface area (Å²) in [6.07, 6.45) is 4.48. The Labute approximate surface area is 152 Å². The van der Waals surface area contributed by atoms with Crippen molar-refractivity contribution in [3.8, 4) is 0 Å². The molecule has 3 aromatic rings. The lowest BCUT2D eigenvalue weighted by molar-refractivity contribution is -0.120. The summed E-state index contributed by atoms with van der Waals surface area (Å²) in [6.45, 7) is 0.370. The van der Waals surface area contributed by atoms with Gasteiger partial charge in [0.1, 0.15) is 0 Å². The number of hydrogen-bond donors (Lipinski definition) is 2. The predicted molar refractivity (Wildman–Crippen MR) is 97.2 cm³/mol. The van der Waals surface area contributed by atoms with Crippen LogP contribution >= 0.6 is 15.9 Å². The average Bonchev–Trinajstić information content (AvgIpc) is 3.15. The Kier molecular flexibility index (Phi) is 4.01. The summed E-state index contributed by atoms with van der Waals surface area (Å²) < 4.78 is 2.82. The van der Waals surface area contributed by atoms with E-state index in [0.29, 0.717) is 13.0 Å². The molecule has 1 aliphatic rings. The molecule has 0 radical (unpaired) electrons. The van der Waals surface area contributed by atoms with Gasteiger partial charge in [-0.1, -0.05) is 12.1 Å². The molecule has 25 heavy (non-hydrogen) atoms. The lowest BCUT2D eigenvalue weighted by Gasteiger charge is -2.05. The lowest BCUT2D eigenvalue weighted by Crippen LogP contribution is -2.24. The van der Waals surface area contributed by atoms with Gasteiger partial charge in [0, 0.05) is 18.1 Å². The Bertz CT molecular complexity index is 996. The molecule has 6 nitrogen and oxygen atoms in total. The van der Waals surface area contributed by atoms with Gasteiger partial charge in [0.05, 0.1) is 29.6 Å². The molecule has 2 N–H and O–H groups in total. The maximum atomic E-state index is 12.2. The van der Waals surface area contributed by atoms with Gasteiger partial charge in [-0.25, -0.2) is 4.98 Å². The summed E-state index contributed by atoms with van der Waals surface area (Å²) in [5, 5.41) is 5.69. The molecule has 2 amide bonds. The quantitative estimate of drug-likeness (QED) is 0.708. The molecule has 0 bridgehead atoms. The summed E-state index contributed by atoms with van der Waals surface area (Å²) >= 11 is 3.46. The predicted octanol–water partition coefficient (Wildman–Crippen LogP) is 2.45.